The number of nitrogens with one attached hydrogen (secondary N) is 2. The fraction of sp³-hybridized carbons (Fsp3) is 0.714. The molecule has 2 N–H and O–H groups in total. The van der Waals surface area contributed by atoms with Crippen LogP contribution in [0.15, 0.2) is 17.4 Å². The Kier molecular flexibility index (Phi) is 5.91. The highest BCUT2D eigenvalue weighted by Gasteiger charge is 2.29. The molecule has 1 unspecified atom stereocenters. The van der Waals surface area contributed by atoms with Crippen molar-refractivity contribution < 1.29 is 9.66 Å². The third kappa shape index (κ3) is 5.20. The molecule has 1 aromatic rings. The zero-order valence-corrected chi connectivity index (χ0v) is 13.6. The number of aromatic nitrogens is 2. The first-order chi connectivity index (χ1) is 11.0. The molecule has 2 rings (SSSR count). The molecule has 0 radical (unpaired) electrons. The topological polar surface area (TPSA) is 107 Å². The predicted octanol–water partition coefficient (Wildman–Crippen LogP) is 0.916. The highest BCUT2D eigenvalue weighted by Crippen LogP contribution is 2.24. The summed E-state index contributed by atoms with van der Waals surface area (Å²) in [5.41, 5.74) is -0.179. The minimum Gasteiger partial charge on any atom is -0.373 e. The van der Waals surface area contributed by atoms with Crippen LogP contribution in [0, 0.1) is 10.1 Å². The fourth-order valence-electron chi connectivity index (χ4n) is 2.41. The van der Waals surface area contributed by atoms with E-state index in [4.69, 9.17) is 4.74 Å². The Morgan fingerprint density at radius 2 is 2.43 bits per heavy atom. The van der Waals surface area contributed by atoms with E-state index in [1.807, 2.05) is 6.92 Å². The summed E-state index contributed by atoms with van der Waals surface area (Å²) in [4.78, 5) is 14.7. The van der Waals surface area contributed by atoms with Gasteiger partial charge in [-0.05, 0) is 26.7 Å². The van der Waals surface area contributed by atoms with E-state index in [9.17, 15) is 10.1 Å². The summed E-state index contributed by atoms with van der Waals surface area (Å²) in [7, 11) is 0. The number of hydrogen-bond acceptors (Lipinski definition) is 5. The maximum atomic E-state index is 10.6. The predicted molar refractivity (Wildman–Crippen MR) is 86.5 cm³/mol. The van der Waals surface area contributed by atoms with Gasteiger partial charge in [-0.15, -0.1) is 0 Å². The van der Waals surface area contributed by atoms with Crippen LogP contribution >= 0.6 is 0 Å². The molecule has 9 nitrogen and oxygen atoms in total. The molecule has 1 fully saturated rings. The number of rotatable bonds is 7. The van der Waals surface area contributed by atoms with Gasteiger partial charge in [-0.3, -0.25) is 19.8 Å². The Hall–Kier alpha value is -2.16. The lowest BCUT2D eigenvalue weighted by atomic mass is 10.0. The molecule has 1 aliphatic heterocycles. The first-order valence-electron chi connectivity index (χ1n) is 7.85. The quantitative estimate of drug-likeness (QED) is 0.334. The second-order valence-electron chi connectivity index (χ2n) is 5.74. The molecular formula is C14H24N6O3. The number of hydrogen-bond donors (Lipinski definition) is 2. The fourth-order valence-corrected chi connectivity index (χ4v) is 2.41. The van der Waals surface area contributed by atoms with Crippen LogP contribution in [0.1, 0.15) is 26.7 Å². The van der Waals surface area contributed by atoms with E-state index in [1.54, 1.807) is 0 Å². The third-order valence-corrected chi connectivity index (χ3v) is 3.68. The zero-order chi connectivity index (χ0) is 16.7. The average molecular weight is 324 g/mol. The minimum atomic E-state index is -0.454. The lowest BCUT2D eigenvalue weighted by Crippen LogP contribution is -2.40. The van der Waals surface area contributed by atoms with Crippen LogP contribution in [0.2, 0.25) is 0 Å². The van der Waals surface area contributed by atoms with Crippen molar-refractivity contribution in [1.82, 2.24) is 20.4 Å². The van der Waals surface area contributed by atoms with Crippen molar-refractivity contribution in [3.8, 4) is 0 Å². The van der Waals surface area contributed by atoms with E-state index >= 15 is 0 Å². The molecule has 0 aromatic carbocycles. The van der Waals surface area contributed by atoms with Crippen molar-refractivity contribution in [2.45, 2.75) is 38.8 Å². The van der Waals surface area contributed by atoms with Crippen molar-refractivity contribution in [2.24, 2.45) is 4.99 Å². The van der Waals surface area contributed by atoms with Gasteiger partial charge in [-0.2, -0.15) is 5.10 Å². The molecule has 1 atom stereocenters. The summed E-state index contributed by atoms with van der Waals surface area (Å²) in [6, 6.07) is 0. The number of aliphatic imine (C=N–C) groups is 1. The molecule has 1 aliphatic rings. The van der Waals surface area contributed by atoms with Crippen molar-refractivity contribution in [3.05, 3.63) is 22.5 Å². The Morgan fingerprint density at radius 3 is 3.04 bits per heavy atom. The van der Waals surface area contributed by atoms with Crippen LogP contribution < -0.4 is 10.6 Å². The maximum absolute atomic E-state index is 10.6. The zero-order valence-electron chi connectivity index (χ0n) is 13.6. The van der Waals surface area contributed by atoms with E-state index in [2.05, 4.69) is 27.6 Å². The van der Waals surface area contributed by atoms with Crippen LogP contribution in [0.4, 0.5) is 5.69 Å². The second kappa shape index (κ2) is 7.91. The molecule has 23 heavy (non-hydrogen) atoms. The summed E-state index contributed by atoms with van der Waals surface area (Å²) in [5.74, 6) is 0.714. The third-order valence-electron chi connectivity index (χ3n) is 3.68. The smallest absolute Gasteiger partial charge is 0.306 e. The van der Waals surface area contributed by atoms with Gasteiger partial charge in [0, 0.05) is 19.7 Å². The summed E-state index contributed by atoms with van der Waals surface area (Å²) in [6.07, 6.45) is 4.76. The normalized spacial score (nSPS) is 21.4. The van der Waals surface area contributed by atoms with Crippen LogP contribution in [-0.4, -0.2) is 52.5 Å². The SMILES string of the molecule is CCNC(=NCC1(C)CCCO1)NCCn1cc([N+](=O)[O-])cn1. The standard InChI is InChI=1S/C14H24N6O3/c1-3-15-13(17-11-14(2)5-4-8-23-14)16-6-7-19-10-12(9-18-19)20(21)22/h9-10H,3-8,11H2,1-2H3,(H2,15,16,17). The van der Waals surface area contributed by atoms with Gasteiger partial charge in [-0.1, -0.05) is 0 Å². The van der Waals surface area contributed by atoms with Gasteiger partial charge < -0.3 is 15.4 Å². The van der Waals surface area contributed by atoms with Gasteiger partial charge in [0.1, 0.15) is 12.4 Å². The monoisotopic (exact) mass is 324 g/mol. The summed E-state index contributed by atoms with van der Waals surface area (Å²) in [6.45, 7) is 7.34. The van der Waals surface area contributed by atoms with Crippen molar-refractivity contribution >= 4 is 11.6 Å². The van der Waals surface area contributed by atoms with E-state index in [-0.39, 0.29) is 11.3 Å². The summed E-state index contributed by atoms with van der Waals surface area (Å²) < 4.78 is 7.27. The highest BCUT2D eigenvalue weighted by atomic mass is 16.6. The van der Waals surface area contributed by atoms with Gasteiger partial charge >= 0.3 is 5.69 Å². The molecule has 9 heteroatoms. The van der Waals surface area contributed by atoms with Gasteiger partial charge in [-0.25, -0.2) is 0 Å². The summed E-state index contributed by atoms with van der Waals surface area (Å²) >= 11 is 0. The Bertz CT molecular complexity index is 550. The van der Waals surface area contributed by atoms with Crippen LogP contribution in [0.5, 0.6) is 0 Å². The Morgan fingerprint density at radius 1 is 1.61 bits per heavy atom. The van der Waals surface area contributed by atoms with Gasteiger partial charge in [0.2, 0.25) is 0 Å². The lowest BCUT2D eigenvalue weighted by molar-refractivity contribution is -0.385. The maximum Gasteiger partial charge on any atom is 0.306 e. The molecule has 0 bridgehead atoms. The molecule has 0 saturated carbocycles. The molecule has 0 spiro atoms. The number of nitrogens with zero attached hydrogens (tertiary/aromatic N) is 4. The van der Waals surface area contributed by atoms with Crippen LogP contribution in [0.25, 0.3) is 0 Å². The van der Waals surface area contributed by atoms with Crippen molar-refractivity contribution in [3.63, 3.8) is 0 Å². The van der Waals surface area contributed by atoms with E-state index in [1.165, 1.54) is 17.1 Å². The lowest BCUT2D eigenvalue weighted by Gasteiger charge is -2.21. The Labute approximate surface area is 135 Å². The van der Waals surface area contributed by atoms with Gasteiger partial charge in [0.15, 0.2) is 5.96 Å². The number of ether oxygens (including phenoxy) is 1. The molecule has 0 amide bonds. The number of guanidine groups is 1. The summed E-state index contributed by atoms with van der Waals surface area (Å²) in [5, 5.41) is 21.0. The van der Waals surface area contributed by atoms with Gasteiger partial charge in [0.25, 0.3) is 0 Å². The molecule has 0 aliphatic carbocycles. The number of nitro groups is 1. The molecule has 1 aromatic heterocycles. The van der Waals surface area contributed by atoms with Gasteiger partial charge in [0.05, 0.1) is 23.6 Å². The second-order valence-corrected chi connectivity index (χ2v) is 5.74. The highest BCUT2D eigenvalue weighted by molar-refractivity contribution is 5.79. The van der Waals surface area contributed by atoms with Crippen molar-refractivity contribution in [1.29, 1.82) is 0 Å². The van der Waals surface area contributed by atoms with Crippen LogP contribution in [0.3, 0.4) is 0 Å². The Balaban J connectivity index is 1.82. The van der Waals surface area contributed by atoms with Crippen molar-refractivity contribution in [2.75, 3.05) is 26.2 Å². The largest absolute Gasteiger partial charge is 0.373 e. The van der Waals surface area contributed by atoms with Crippen LogP contribution in [-0.2, 0) is 11.3 Å². The average Bonchev–Trinajstić information content (AvgIpc) is 3.15. The first-order valence-corrected chi connectivity index (χ1v) is 7.85. The van der Waals surface area contributed by atoms with E-state index < -0.39 is 4.92 Å². The molecule has 2 heterocycles. The van der Waals surface area contributed by atoms with E-state index in [0.717, 1.165) is 26.0 Å². The molecular weight excluding hydrogens is 300 g/mol. The first kappa shape index (κ1) is 17.2. The van der Waals surface area contributed by atoms with E-state index in [0.29, 0.717) is 25.6 Å². The molecule has 128 valence electrons. The minimum absolute atomic E-state index is 0.00289. The molecule has 1 saturated heterocycles.